The van der Waals surface area contributed by atoms with Gasteiger partial charge in [0.25, 0.3) is 0 Å². The first kappa shape index (κ1) is 8.99. The third-order valence-electron chi connectivity index (χ3n) is 1.19. The number of anilines is 2. The van der Waals surface area contributed by atoms with Crippen LogP contribution in [0.5, 0.6) is 0 Å². The van der Waals surface area contributed by atoms with E-state index < -0.39 is 0 Å². The van der Waals surface area contributed by atoms with Crippen LogP contribution in [0.1, 0.15) is 13.3 Å². The lowest BCUT2D eigenvalue weighted by atomic mass is 10.5. The van der Waals surface area contributed by atoms with Crippen LogP contribution in [0.2, 0.25) is 0 Å². The molecule has 1 heterocycles. The van der Waals surface area contributed by atoms with Crippen molar-refractivity contribution in [2.45, 2.75) is 13.3 Å². The number of halogens is 1. The smallest absolute Gasteiger partial charge is 0.242 e. The van der Waals surface area contributed by atoms with Crippen LogP contribution in [-0.2, 0) is 0 Å². The average molecular weight is 188 g/mol. The zero-order valence-electron chi connectivity index (χ0n) is 6.71. The molecule has 0 aromatic carbocycles. The summed E-state index contributed by atoms with van der Waals surface area (Å²) in [5.41, 5.74) is 0. The highest BCUT2D eigenvalue weighted by atomic mass is 35.5. The number of hydrogen-bond acceptors (Lipinski definition) is 5. The highest BCUT2D eigenvalue weighted by Gasteiger charge is 1.96. The molecule has 1 rings (SSSR count). The fourth-order valence-corrected chi connectivity index (χ4v) is 0.755. The van der Waals surface area contributed by atoms with E-state index in [2.05, 4.69) is 32.0 Å². The number of aromatic nitrogens is 3. The van der Waals surface area contributed by atoms with Crippen molar-refractivity contribution in [1.82, 2.24) is 15.0 Å². The van der Waals surface area contributed by atoms with Crippen molar-refractivity contribution in [2.24, 2.45) is 0 Å². The Hall–Kier alpha value is -1.10. The van der Waals surface area contributed by atoms with Gasteiger partial charge in [-0.2, -0.15) is 4.98 Å². The van der Waals surface area contributed by atoms with Crippen molar-refractivity contribution < 1.29 is 0 Å². The number of rotatable bonds is 4. The van der Waals surface area contributed by atoms with E-state index >= 15 is 0 Å². The van der Waals surface area contributed by atoms with Crippen LogP contribution in [0, 0.1) is 0 Å². The van der Waals surface area contributed by atoms with Crippen molar-refractivity contribution in [3.8, 4) is 0 Å². The second-order valence-electron chi connectivity index (χ2n) is 2.15. The Kier molecular flexibility index (Phi) is 3.53. The molecule has 0 atom stereocenters. The maximum Gasteiger partial charge on any atom is 0.242 e. The summed E-state index contributed by atoms with van der Waals surface area (Å²) in [4.78, 5) is 13.9. The Morgan fingerprint density at radius 2 is 2.17 bits per heavy atom. The Morgan fingerprint density at radius 1 is 1.42 bits per heavy atom. The molecule has 0 saturated heterocycles. The van der Waals surface area contributed by atoms with E-state index in [1.165, 1.54) is 6.33 Å². The third kappa shape index (κ3) is 2.50. The van der Waals surface area contributed by atoms with Gasteiger partial charge in [-0.1, -0.05) is 6.92 Å². The SMILES string of the molecule is CCCNc1ncnc(NCl)n1. The van der Waals surface area contributed by atoms with Crippen molar-refractivity contribution >= 4 is 23.7 Å². The van der Waals surface area contributed by atoms with Gasteiger partial charge in [0.15, 0.2) is 0 Å². The molecule has 0 saturated carbocycles. The monoisotopic (exact) mass is 187 g/mol. The summed E-state index contributed by atoms with van der Waals surface area (Å²) in [5.74, 6) is 0.889. The molecule has 6 heteroatoms. The molecular weight excluding hydrogens is 178 g/mol. The van der Waals surface area contributed by atoms with E-state index in [4.69, 9.17) is 11.8 Å². The lowest BCUT2D eigenvalue weighted by molar-refractivity contribution is 0.941. The Labute approximate surface area is 75.7 Å². The van der Waals surface area contributed by atoms with Gasteiger partial charge in [-0.05, 0) is 6.42 Å². The van der Waals surface area contributed by atoms with Crippen molar-refractivity contribution in [1.29, 1.82) is 0 Å². The first-order valence-electron chi connectivity index (χ1n) is 3.66. The zero-order chi connectivity index (χ0) is 8.81. The summed E-state index contributed by atoms with van der Waals surface area (Å²) < 4.78 is 0. The molecule has 0 bridgehead atoms. The highest BCUT2D eigenvalue weighted by Crippen LogP contribution is 2.01. The summed E-state index contributed by atoms with van der Waals surface area (Å²) >= 11 is 5.30. The lowest BCUT2D eigenvalue weighted by Crippen LogP contribution is -2.05. The first-order chi connectivity index (χ1) is 5.86. The van der Waals surface area contributed by atoms with E-state index in [-0.39, 0.29) is 0 Å². The van der Waals surface area contributed by atoms with E-state index in [0.717, 1.165) is 13.0 Å². The molecule has 5 nitrogen and oxygen atoms in total. The van der Waals surface area contributed by atoms with Crippen LogP contribution in [0.25, 0.3) is 0 Å². The van der Waals surface area contributed by atoms with Gasteiger partial charge in [-0.15, -0.1) is 0 Å². The van der Waals surface area contributed by atoms with Gasteiger partial charge in [0.05, 0.1) is 0 Å². The predicted molar refractivity (Wildman–Crippen MR) is 48.1 cm³/mol. The zero-order valence-corrected chi connectivity index (χ0v) is 7.47. The second-order valence-corrected chi connectivity index (χ2v) is 2.34. The quantitative estimate of drug-likeness (QED) is 0.695. The molecule has 0 spiro atoms. The van der Waals surface area contributed by atoms with Gasteiger partial charge < -0.3 is 5.32 Å². The van der Waals surface area contributed by atoms with Crippen LogP contribution >= 0.6 is 11.8 Å². The molecular formula is C6H10ClN5. The Morgan fingerprint density at radius 3 is 2.83 bits per heavy atom. The van der Waals surface area contributed by atoms with E-state index in [1.54, 1.807) is 0 Å². The maximum atomic E-state index is 5.30. The molecule has 2 N–H and O–H groups in total. The summed E-state index contributed by atoms with van der Waals surface area (Å²) in [6, 6.07) is 0. The van der Waals surface area contributed by atoms with E-state index in [1.807, 2.05) is 0 Å². The fourth-order valence-electron chi connectivity index (χ4n) is 0.664. The van der Waals surface area contributed by atoms with Gasteiger partial charge in [-0.25, -0.2) is 9.97 Å². The third-order valence-corrected chi connectivity index (χ3v) is 1.36. The minimum Gasteiger partial charge on any atom is -0.354 e. The molecule has 66 valence electrons. The molecule has 0 aliphatic heterocycles. The van der Waals surface area contributed by atoms with Crippen LogP contribution in [-0.4, -0.2) is 21.5 Å². The average Bonchev–Trinajstić information content (AvgIpc) is 2.15. The predicted octanol–water partition coefficient (Wildman–Crippen LogP) is 1.26. The van der Waals surface area contributed by atoms with Gasteiger partial charge in [0.1, 0.15) is 6.33 Å². The molecule has 1 aromatic heterocycles. The van der Waals surface area contributed by atoms with Crippen molar-refractivity contribution in [3.63, 3.8) is 0 Å². The van der Waals surface area contributed by atoms with Crippen LogP contribution in [0.4, 0.5) is 11.9 Å². The van der Waals surface area contributed by atoms with Crippen molar-refractivity contribution in [3.05, 3.63) is 6.33 Å². The minimum atomic E-state index is 0.352. The molecule has 1 aromatic rings. The summed E-state index contributed by atoms with van der Waals surface area (Å²) in [6.07, 6.45) is 2.42. The van der Waals surface area contributed by atoms with Crippen LogP contribution in [0.15, 0.2) is 6.33 Å². The second kappa shape index (κ2) is 4.71. The molecule has 0 aliphatic carbocycles. The van der Waals surface area contributed by atoms with E-state index in [0.29, 0.717) is 11.9 Å². The van der Waals surface area contributed by atoms with Gasteiger partial charge in [0, 0.05) is 18.3 Å². The Balaban J connectivity index is 2.60. The first-order valence-corrected chi connectivity index (χ1v) is 4.04. The number of nitrogens with zero attached hydrogens (tertiary/aromatic N) is 3. The normalized spacial score (nSPS) is 9.50. The fraction of sp³-hybridized carbons (Fsp3) is 0.500. The van der Waals surface area contributed by atoms with Crippen molar-refractivity contribution in [2.75, 3.05) is 16.7 Å². The van der Waals surface area contributed by atoms with Gasteiger partial charge >= 0.3 is 0 Å². The largest absolute Gasteiger partial charge is 0.354 e. The molecule has 0 amide bonds. The van der Waals surface area contributed by atoms with Crippen LogP contribution < -0.4 is 10.2 Å². The molecule has 0 radical (unpaired) electrons. The number of nitrogens with one attached hydrogen (secondary N) is 2. The van der Waals surface area contributed by atoms with Gasteiger partial charge in [-0.3, -0.25) is 4.84 Å². The maximum absolute atomic E-state index is 5.30. The summed E-state index contributed by atoms with van der Waals surface area (Å²) in [6.45, 7) is 2.90. The highest BCUT2D eigenvalue weighted by molar-refractivity contribution is 6.23. The molecule has 0 fully saturated rings. The number of hydrogen-bond donors (Lipinski definition) is 2. The van der Waals surface area contributed by atoms with Crippen LogP contribution in [0.3, 0.4) is 0 Å². The topological polar surface area (TPSA) is 62.7 Å². The Bertz CT molecular complexity index is 241. The standard InChI is InChI=1S/C6H10ClN5/c1-2-3-8-5-9-4-10-6(11-5)12-7/h4H,2-3H2,1H3,(H2,8,9,10,11,12). The lowest BCUT2D eigenvalue weighted by Gasteiger charge is -2.01. The molecule has 12 heavy (non-hydrogen) atoms. The summed E-state index contributed by atoms with van der Waals surface area (Å²) in [5, 5.41) is 3.01. The minimum absolute atomic E-state index is 0.352. The molecule has 0 aliphatic rings. The van der Waals surface area contributed by atoms with Gasteiger partial charge in [0.2, 0.25) is 11.9 Å². The van der Waals surface area contributed by atoms with E-state index in [9.17, 15) is 0 Å². The summed E-state index contributed by atoms with van der Waals surface area (Å²) in [7, 11) is 0. The molecule has 0 unspecified atom stereocenters.